The quantitative estimate of drug-likeness (QED) is 0.748. The minimum absolute atomic E-state index is 0.676. The summed E-state index contributed by atoms with van der Waals surface area (Å²) in [5.41, 5.74) is 6.01. The summed E-state index contributed by atoms with van der Waals surface area (Å²) in [5.74, 6) is 0.676. The van der Waals surface area contributed by atoms with Crippen LogP contribution in [-0.4, -0.2) is 24.0 Å². The number of fused-ring (bicyclic) bond motifs is 3. The van der Waals surface area contributed by atoms with E-state index in [9.17, 15) is 0 Å². The molecule has 0 aromatic heterocycles. The van der Waals surface area contributed by atoms with Crippen LogP contribution in [-0.2, 0) is 6.42 Å². The summed E-state index contributed by atoms with van der Waals surface area (Å²) in [6, 6.07) is 18.8. The summed E-state index contributed by atoms with van der Waals surface area (Å²) in [7, 11) is 0. The van der Waals surface area contributed by atoms with Gasteiger partial charge in [0.05, 0.1) is 0 Å². The third-order valence-corrected chi connectivity index (χ3v) is 5.88. The molecule has 0 saturated carbocycles. The van der Waals surface area contributed by atoms with Gasteiger partial charge in [0.15, 0.2) is 0 Å². The van der Waals surface area contributed by atoms with Crippen molar-refractivity contribution in [2.45, 2.75) is 51.0 Å². The highest BCUT2D eigenvalue weighted by molar-refractivity contribution is 5.73. The maximum Gasteiger partial charge on any atom is 0.00669 e. The standard InChI is InChI=1S/C22H27N/c1-17-8-6-7-14-23(17)15-13-19-16-18-9-2-3-10-20(18)22-12-5-4-11-21(19)22/h2-5,9-12,17,19H,6-8,13-16H2,1H3. The van der Waals surface area contributed by atoms with Crippen LogP contribution in [0, 0.1) is 0 Å². The van der Waals surface area contributed by atoms with E-state index in [1.165, 1.54) is 61.9 Å². The molecule has 2 aliphatic rings. The Labute approximate surface area is 140 Å². The molecule has 1 saturated heterocycles. The predicted molar refractivity (Wildman–Crippen MR) is 97.8 cm³/mol. The SMILES string of the molecule is CC1CCCCN1CCC1Cc2ccccc2-c2ccccc21. The second-order valence-corrected chi connectivity index (χ2v) is 7.31. The number of piperidine rings is 1. The zero-order chi connectivity index (χ0) is 15.6. The van der Waals surface area contributed by atoms with E-state index >= 15 is 0 Å². The van der Waals surface area contributed by atoms with Crippen molar-refractivity contribution in [3.8, 4) is 11.1 Å². The predicted octanol–water partition coefficient (Wildman–Crippen LogP) is 5.26. The van der Waals surface area contributed by atoms with Crippen LogP contribution in [0.2, 0.25) is 0 Å². The van der Waals surface area contributed by atoms with Gasteiger partial charge in [-0.3, -0.25) is 0 Å². The first-order valence-corrected chi connectivity index (χ1v) is 9.24. The Morgan fingerprint density at radius 3 is 2.61 bits per heavy atom. The van der Waals surface area contributed by atoms with E-state index in [0.717, 1.165) is 6.04 Å². The van der Waals surface area contributed by atoms with Gasteiger partial charge in [-0.15, -0.1) is 0 Å². The molecule has 1 aliphatic carbocycles. The van der Waals surface area contributed by atoms with Gasteiger partial charge < -0.3 is 4.90 Å². The summed E-state index contributed by atoms with van der Waals surface area (Å²) in [6.07, 6.45) is 6.67. The van der Waals surface area contributed by atoms with E-state index < -0.39 is 0 Å². The third-order valence-electron chi connectivity index (χ3n) is 5.88. The number of rotatable bonds is 3. The molecule has 2 aromatic rings. The second-order valence-electron chi connectivity index (χ2n) is 7.31. The summed E-state index contributed by atoms with van der Waals surface area (Å²) < 4.78 is 0. The van der Waals surface area contributed by atoms with Gasteiger partial charge in [0, 0.05) is 6.04 Å². The van der Waals surface area contributed by atoms with E-state index in [-0.39, 0.29) is 0 Å². The molecule has 120 valence electrons. The Balaban J connectivity index is 1.56. The van der Waals surface area contributed by atoms with E-state index in [0.29, 0.717) is 5.92 Å². The first kappa shape index (κ1) is 15.0. The summed E-state index contributed by atoms with van der Waals surface area (Å²) in [5, 5.41) is 0. The lowest BCUT2D eigenvalue weighted by molar-refractivity contribution is 0.155. The number of nitrogens with zero attached hydrogens (tertiary/aromatic N) is 1. The molecule has 1 nitrogen and oxygen atoms in total. The van der Waals surface area contributed by atoms with Crippen molar-refractivity contribution in [1.29, 1.82) is 0 Å². The van der Waals surface area contributed by atoms with Gasteiger partial charge in [0.2, 0.25) is 0 Å². The van der Waals surface area contributed by atoms with Gasteiger partial charge in [-0.05, 0) is 73.9 Å². The van der Waals surface area contributed by atoms with Gasteiger partial charge in [-0.2, -0.15) is 0 Å². The minimum atomic E-state index is 0.676. The van der Waals surface area contributed by atoms with Crippen LogP contribution >= 0.6 is 0 Å². The molecule has 1 fully saturated rings. The Morgan fingerprint density at radius 1 is 0.957 bits per heavy atom. The fraction of sp³-hybridized carbons (Fsp3) is 0.455. The maximum absolute atomic E-state index is 2.71. The van der Waals surface area contributed by atoms with Crippen LogP contribution in [0.3, 0.4) is 0 Å². The van der Waals surface area contributed by atoms with E-state index in [4.69, 9.17) is 0 Å². The Bertz CT molecular complexity index is 675. The molecule has 0 amide bonds. The average Bonchev–Trinajstić information content (AvgIpc) is 2.61. The summed E-state index contributed by atoms with van der Waals surface area (Å²) >= 11 is 0. The van der Waals surface area contributed by atoms with Crippen LogP contribution in [0.5, 0.6) is 0 Å². The highest BCUT2D eigenvalue weighted by atomic mass is 15.2. The lowest BCUT2D eigenvalue weighted by atomic mass is 9.77. The lowest BCUT2D eigenvalue weighted by Crippen LogP contribution is -2.38. The third kappa shape index (κ3) is 2.95. The number of benzene rings is 2. The molecule has 0 bridgehead atoms. The van der Waals surface area contributed by atoms with Crippen LogP contribution in [0.25, 0.3) is 11.1 Å². The molecule has 0 radical (unpaired) electrons. The largest absolute Gasteiger partial charge is 0.301 e. The Hall–Kier alpha value is -1.60. The van der Waals surface area contributed by atoms with E-state index in [2.05, 4.69) is 60.4 Å². The second kappa shape index (κ2) is 6.49. The zero-order valence-corrected chi connectivity index (χ0v) is 14.2. The highest BCUT2D eigenvalue weighted by Crippen LogP contribution is 2.41. The molecule has 1 heteroatoms. The normalized spacial score (nSPS) is 24.0. The maximum atomic E-state index is 2.71. The molecule has 2 unspecified atom stereocenters. The van der Waals surface area contributed by atoms with E-state index in [1.54, 1.807) is 5.56 Å². The van der Waals surface area contributed by atoms with Crippen LogP contribution in [0.15, 0.2) is 48.5 Å². The molecule has 0 spiro atoms. The topological polar surface area (TPSA) is 3.24 Å². The van der Waals surface area contributed by atoms with Gasteiger partial charge in [-0.25, -0.2) is 0 Å². The first-order valence-electron chi connectivity index (χ1n) is 9.24. The number of hydrogen-bond acceptors (Lipinski definition) is 1. The van der Waals surface area contributed by atoms with Crippen molar-refractivity contribution < 1.29 is 0 Å². The molecule has 0 N–H and O–H groups in total. The number of likely N-dealkylation sites (tertiary alicyclic amines) is 1. The Kier molecular flexibility index (Phi) is 4.22. The lowest BCUT2D eigenvalue weighted by Gasteiger charge is -2.35. The average molecular weight is 305 g/mol. The van der Waals surface area contributed by atoms with Crippen molar-refractivity contribution in [2.24, 2.45) is 0 Å². The number of hydrogen-bond donors (Lipinski definition) is 0. The smallest absolute Gasteiger partial charge is 0.00669 e. The first-order chi connectivity index (χ1) is 11.3. The molecule has 1 heterocycles. The molecular formula is C22H27N. The van der Waals surface area contributed by atoms with Crippen LogP contribution < -0.4 is 0 Å². The molecular weight excluding hydrogens is 278 g/mol. The molecule has 4 rings (SSSR count). The van der Waals surface area contributed by atoms with Gasteiger partial charge >= 0.3 is 0 Å². The monoisotopic (exact) mass is 305 g/mol. The van der Waals surface area contributed by atoms with Crippen LogP contribution in [0.1, 0.15) is 49.7 Å². The van der Waals surface area contributed by atoms with Gasteiger partial charge in [0.1, 0.15) is 0 Å². The highest BCUT2D eigenvalue weighted by Gasteiger charge is 2.25. The minimum Gasteiger partial charge on any atom is -0.301 e. The van der Waals surface area contributed by atoms with Gasteiger partial charge in [0.25, 0.3) is 0 Å². The fourth-order valence-corrected chi connectivity index (χ4v) is 4.50. The van der Waals surface area contributed by atoms with Crippen molar-refractivity contribution in [3.05, 3.63) is 59.7 Å². The zero-order valence-electron chi connectivity index (χ0n) is 14.2. The van der Waals surface area contributed by atoms with Gasteiger partial charge in [-0.1, -0.05) is 55.0 Å². The van der Waals surface area contributed by atoms with Crippen molar-refractivity contribution in [2.75, 3.05) is 13.1 Å². The molecule has 2 aromatic carbocycles. The molecule has 1 aliphatic heterocycles. The van der Waals surface area contributed by atoms with Crippen molar-refractivity contribution in [3.63, 3.8) is 0 Å². The summed E-state index contributed by atoms with van der Waals surface area (Å²) in [6.45, 7) is 4.96. The van der Waals surface area contributed by atoms with E-state index in [1.807, 2.05) is 0 Å². The summed E-state index contributed by atoms with van der Waals surface area (Å²) in [4.78, 5) is 2.71. The molecule has 23 heavy (non-hydrogen) atoms. The Morgan fingerprint density at radius 2 is 1.74 bits per heavy atom. The van der Waals surface area contributed by atoms with Crippen molar-refractivity contribution in [1.82, 2.24) is 4.90 Å². The van der Waals surface area contributed by atoms with Crippen molar-refractivity contribution >= 4 is 0 Å². The van der Waals surface area contributed by atoms with Crippen LogP contribution in [0.4, 0.5) is 0 Å². The molecule has 2 atom stereocenters. The fourth-order valence-electron chi connectivity index (χ4n) is 4.50.